The predicted molar refractivity (Wildman–Crippen MR) is 64.5 cm³/mol. The second-order valence-corrected chi connectivity index (χ2v) is 3.69. The number of para-hydroxylation sites is 1. The molecule has 94 valence electrons. The summed E-state index contributed by atoms with van der Waals surface area (Å²) >= 11 is 0. The molecule has 1 aromatic heterocycles. The molecule has 1 heterocycles. The van der Waals surface area contributed by atoms with Gasteiger partial charge < -0.3 is 10.4 Å². The first-order valence-corrected chi connectivity index (χ1v) is 5.55. The number of nitrogens with zero attached hydrogens (tertiary/aromatic N) is 4. The Bertz CT molecular complexity index is 525. The molecule has 0 saturated heterocycles. The van der Waals surface area contributed by atoms with Crippen LogP contribution in [0.4, 0.5) is 5.95 Å². The number of tetrazole rings is 1. The van der Waals surface area contributed by atoms with Crippen molar-refractivity contribution in [2.45, 2.75) is 19.4 Å². The van der Waals surface area contributed by atoms with Crippen LogP contribution in [0.2, 0.25) is 0 Å². The Balaban J connectivity index is 2.26. The predicted octanol–water partition coefficient (Wildman–Crippen LogP) is 0.937. The molecule has 1 atom stereocenters. The molecule has 2 aromatic rings. The SMILES string of the molecule is CCC(Nc1nnnn1-c1ccccc1)C(=O)O. The molecule has 0 fully saturated rings. The summed E-state index contributed by atoms with van der Waals surface area (Å²) in [4.78, 5) is 11.0. The number of hydrogen-bond acceptors (Lipinski definition) is 5. The van der Waals surface area contributed by atoms with E-state index in [0.717, 1.165) is 5.69 Å². The maximum atomic E-state index is 11.0. The maximum absolute atomic E-state index is 11.0. The van der Waals surface area contributed by atoms with Gasteiger partial charge in [-0.2, -0.15) is 4.68 Å². The van der Waals surface area contributed by atoms with Gasteiger partial charge in [0.25, 0.3) is 0 Å². The van der Waals surface area contributed by atoms with Crippen molar-refractivity contribution in [2.24, 2.45) is 0 Å². The van der Waals surface area contributed by atoms with Crippen LogP contribution in [0.25, 0.3) is 5.69 Å². The van der Waals surface area contributed by atoms with Crippen LogP contribution in [-0.4, -0.2) is 37.3 Å². The van der Waals surface area contributed by atoms with Gasteiger partial charge in [-0.05, 0) is 29.0 Å². The van der Waals surface area contributed by atoms with Gasteiger partial charge in [0.15, 0.2) is 0 Å². The van der Waals surface area contributed by atoms with Crippen LogP contribution in [0.1, 0.15) is 13.3 Å². The molecule has 1 aromatic carbocycles. The minimum atomic E-state index is -0.930. The molecule has 0 bridgehead atoms. The molecular formula is C11H13N5O2. The van der Waals surface area contributed by atoms with E-state index < -0.39 is 12.0 Å². The fourth-order valence-corrected chi connectivity index (χ4v) is 1.51. The number of nitrogens with one attached hydrogen (secondary N) is 1. The topological polar surface area (TPSA) is 92.9 Å². The summed E-state index contributed by atoms with van der Waals surface area (Å²) in [5.74, 6) is -0.615. The fourth-order valence-electron chi connectivity index (χ4n) is 1.51. The Morgan fingerprint density at radius 2 is 2.17 bits per heavy atom. The average Bonchev–Trinajstić information content (AvgIpc) is 2.84. The summed E-state index contributed by atoms with van der Waals surface area (Å²) in [6.07, 6.45) is 0.441. The lowest BCUT2D eigenvalue weighted by Gasteiger charge is -2.12. The lowest BCUT2D eigenvalue weighted by Crippen LogP contribution is -2.29. The lowest BCUT2D eigenvalue weighted by molar-refractivity contribution is -0.138. The quantitative estimate of drug-likeness (QED) is 0.816. The maximum Gasteiger partial charge on any atom is 0.326 e. The summed E-state index contributed by atoms with van der Waals surface area (Å²) < 4.78 is 1.46. The van der Waals surface area contributed by atoms with Gasteiger partial charge >= 0.3 is 5.97 Å². The number of carboxylic acids is 1. The second kappa shape index (κ2) is 5.26. The highest BCUT2D eigenvalue weighted by Crippen LogP contribution is 2.12. The molecule has 0 aliphatic carbocycles. The molecule has 0 aliphatic heterocycles. The summed E-state index contributed by atoms with van der Waals surface area (Å²) in [5.41, 5.74) is 0.769. The number of anilines is 1. The highest BCUT2D eigenvalue weighted by Gasteiger charge is 2.18. The molecule has 7 heteroatoms. The molecule has 18 heavy (non-hydrogen) atoms. The number of hydrogen-bond donors (Lipinski definition) is 2. The van der Waals surface area contributed by atoms with Crippen LogP contribution in [0.3, 0.4) is 0 Å². The summed E-state index contributed by atoms with van der Waals surface area (Å²) in [6.45, 7) is 1.78. The number of aromatic nitrogens is 4. The van der Waals surface area contributed by atoms with E-state index in [1.165, 1.54) is 4.68 Å². The van der Waals surface area contributed by atoms with E-state index in [1.807, 2.05) is 30.3 Å². The van der Waals surface area contributed by atoms with Gasteiger partial charge in [0.1, 0.15) is 6.04 Å². The first-order chi connectivity index (χ1) is 8.72. The molecule has 1 unspecified atom stereocenters. The van der Waals surface area contributed by atoms with Gasteiger partial charge in [0.05, 0.1) is 5.69 Å². The summed E-state index contributed by atoms with van der Waals surface area (Å²) in [6, 6.07) is 8.56. The van der Waals surface area contributed by atoms with E-state index in [2.05, 4.69) is 20.8 Å². The third-order valence-corrected chi connectivity index (χ3v) is 2.48. The minimum Gasteiger partial charge on any atom is -0.480 e. The summed E-state index contributed by atoms with van der Waals surface area (Å²) in [5, 5.41) is 23.0. The molecule has 2 rings (SSSR count). The van der Waals surface area contributed by atoms with Crippen molar-refractivity contribution in [2.75, 3.05) is 5.32 Å². The summed E-state index contributed by atoms with van der Waals surface area (Å²) in [7, 11) is 0. The van der Waals surface area contributed by atoms with Crippen molar-refractivity contribution in [1.82, 2.24) is 20.2 Å². The third kappa shape index (κ3) is 2.45. The number of carboxylic acid groups (broad SMARTS) is 1. The lowest BCUT2D eigenvalue weighted by atomic mass is 10.2. The molecule has 0 amide bonds. The second-order valence-electron chi connectivity index (χ2n) is 3.69. The molecule has 0 aliphatic rings. The van der Waals surface area contributed by atoms with Crippen LogP contribution in [0.15, 0.2) is 30.3 Å². The van der Waals surface area contributed by atoms with Crippen molar-refractivity contribution in [1.29, 1.82) is 0 Å². The highest BCUT2D eigenvalue weighted by atomic mass is 16.4. The van der Waals surface area contributed by atoms with Crippen LogP contribution in [0, 0.1) is 0 Å². The molecular weight excluding hydrogens is 234 g/mol. The number of carbonyl (C=O) groups is 1. The van der Waals surface area contributed by atoms with E-state index in [4.69, 9.17) is 5.11 Å². The first kappa shape index (κ1) is 12.0. The van der Waals surface area contributed by atoms with E-state index in [9.17, 15) is 4.79 Å². The largest absolute Gasteiger partial charge is 0.480 e. The van der Waals surface area contributed by atoms with E-state index in [1.54, 1.807) is 6.92 Å². The Morgan fingerprint density at radius 1 is 1.44 bits per heavy atom. The smallest absolute Gasteiger partial charge is 0.326 e. The zero-order chi connectivity index (χ0) is 13.0. The zero-order valence-corrected chi connectivity index (χ0v) is 9.82. The van der Waals surface area contributed by atoms with Crippen LogP contribution in [-0.2, 0) is 4.79 Å². The van der Waals surface area contributed by atoms with Crippen molar-refractivity contribution >= 4 is 11.9 Å². The van der Waals surface area contributed by atoms with Gasteiger partial charge in [-0.25, -0.2) is 4.79 Å². The van der Waals surface area contributed by atoms with E-state index in [0.29, 0.717) is 12.4 Å². The molecule has 0 radical (unpaired) electrons. The van der Waals surface area contributed by atoms with Gasteiger partial charge in [-0.1, -0.05) is 30.2 Å². The van der Waals surface area contributed by atoms with Gasteiger partial charge in [-0.3, -0.25) is 0 Å². The van der Waals surface area contributed by atoms with Crippen LogP contribution >= 0.6 is 0 Å². The Labute approximate surface area is 103 Å². The zero-order valence-electron chi connectivity index (χ0n) is 9.82. The van der Waals surface area contributed by atoms with Crippen molar-refractivity contribution in [3.8, 4) is 5.69 Å². The van der Waals surface area contributed by atoms with Gasteiger partial charge in [0, 0.05) is 0 Å². The van der Waals surface area contributed by atoms with E-state index in [-0.39, 0.29) is 0 Å². The molecule has 7 nitrogen and oxygen atoms in total. The van der Waals surface area contributed by atoms with Crippen molar-refractivity contribution < 1.29 is 9.90 Å². The number of aliphatic carboxylic acids is 1. The van der Waals surface area contributed by atoms with Crippen LogP contribution in [0.5, 0.6) is 0 Å². The van der Waals surface area contributed by atoms with E-state index >= 15 is 0 Å². The molecule has 0 spiro atoms. The van der Waals surface area contributed by atoms with Crippen molar-refractivity contribution in [3.63, 3.8) is 0 Å². The number of benzene rings is 1. The van der Waals surface area contributed by atoms with Crippen LogP contribution < -0.4 is 5.32 Å². The Kier molecular flexibility index (Phi) is 3.52. The third-order valence-electron chi connectivity index (χ3n) is 2.48. The Morgan fingerprint density at radius 3 is 2.78 bits per heavy atom. The number of rotatable bonds is 5. The molecule has 2 N–H and O–H groups in total. The first-order valence-electron chi connectivity index (χ1n) is 5.55. The fraction of sp³-hybridized carbons (Fsp3) is 0.273. The standard InChI is InChI=1S/C11H13N5O2/c1-2-9(10(17)18)12-11-13-14-15-16(11)8-6-4-3-5-7-8/h3-7,9H,2H2,1H3,(H,17,18)(H,12,13,15). The molecule has 0 saturated carbocycles. The Hall–Kier alpha value is -2.44. The minimum absolute atomic E-state index is 0.315. The monoisotopic (exact) mass is 247 g/mol. The van der Waals surface area contributed by atoms with Gasteiger partial charge in [-0.15, -0.1) is 0 Å². The van der Waals surface area contributed by atoms with Crippen molar-refractivity contribution in [3.05, 3.63) is 30.3 Å². The highest BCUT2D eigenvalue weighted by molar-refractivity contribution is 5.76. The van der Waals surface area contributed by atoms with Gasteiger partial charge in [0.2, 0.25) is 5.95 Å². The normalized spacial score (nSPS) is 12.1. The average molecular weight is 247 g/mol.